The number of ether oxygens (including phenoxy) is 2. The van der Waals surface area contributed by atoms with Crippen LogP contribution in [-0.2, 0) is 22.6 Å². The van der Waals surface area contributed by atoms with E-state index in [1.54, 1.807) is 19.4 Å². The van der Waals surface area contributed by atoms with Gasteiger partial charge in [0.05, 0.1) is 32.7 Å². The summed E-state index contributed by atoms with van der Waals surface area (Å²) < 4.78 is 15.7. The quantitative estimate of drug-likeness (QED) is 0.694. The number of hydrogen-bond acceptors (Lipinski definition) is 5. The van der Waals surface area contributed by atoms with Crippen molar-refractivity contribution in [3.63, 3.8) is 0 Å². The largest absolute Gasteiger partial charge is 0.497 e. The number of aryl methyl sites for hydroxylation is 1. The van der Waals surface area contributed by atoms with Gasteiger partial charge in [-0.2, -0.15) is 0 Å². The fourth-order valence-corrected chi connectivity index (χ4v) is 2.11. The zero-order chi connectivity index (χ0) is 17.2. The van der Waals surface area contributed by atoms with Crippen molar-refractivity contribution in [2.75, 3.05) is 20.3 Å². The summed E-state index contributed by atoms with van der Waals surface area (Å²) in [5.41, 5.74) is 0.991. The van der Waals surface area contributed by atoms with Gasteiger partial charge in [0.15, 0.2) is 0 Å². The van der Waals surface area contributed by atoms with Crippen LogP contribution in [0.3, 0.4) is 0 Å². The molecular formula is C18H23NO5. The first kappa shape index (κ1) is 18.0. The predicted octanol–water partition coefficient (Wildman–Crippen LogP) is 1.91. The minimum absolute atomic E-state index is 0.124. The Morgan fingerprint density at radius 3 is 2.75 bits per heavy atom. The number of carbonyl (C=O) groups excluding carboxylic acids is 1. The number of aliphatic hydroxyl groups is 1. The van der Waals surface area contributed by atoms with Gasteiger partial charge in [-0.1, -0.05) is 12.1 Å². The van der Waals surface area contributed by atoms with Crippen molar-refractivity contribution in [3.8, 4) is 5.75 Å². The van der Waals surface area contributed by atoms with E-state index in [1.807, 2.05) is 30.3 Å². The molecule has 0 bridgehead atoms. The normalized spacial score (nSPS) is 11.9. The second-order valence-corrected chi connectivity index (χ2v) is 5.40. The predicted molar refractivity (Wildman–Crippen MR) is 88.7 cm³/mol. The molecule has 1 heterocycles. The molecule has 0 radical (unpaired) electrons. The monoisotopic (exact) mass is 333 g/mol. The molecule has 1 aromatic carbocycles. The van der Waals surface area contributed by atoms with E-state index in [9.17, 15) is 9.90 Å². The molecule has 130 valence electrons. The smallest absolute Gasteiger partial charge is 0.220 e. The van der Waals surface area contributed by atoms with Crippen molar-refractivity contribution in [2.24, 2.45) is 0 Å². The van der Waals surface area contributed by atoms with Crippen LogP contribution in [0.25, 0.3) is 0 Å². The maximum Gasteiger partial charge on any atom is 0.220 e. The second kappa shape index (κ2) is 9.75. The van der Waals surface area contributed by atoms with Crippen LogP contribution in [0.15, 0.2) is 47.1 Å². The molecule has 0 aliphatic rings. The van der Waals surface area contributed by atoms with Crippen LogP contribution in [0.5, 0.6) is 5.75 Å². The molecule has 1 aromatic heterocycles. The van der Waals surface area contributed by atoms with Crippen molar-refractivity contribution >= 4 is 5.91 Å². The molecule has 6 nitrogen and oxygen atoms in total. The molecule has 0 fully saturated rings. The lowest BCUT2D eigenvalue weighted by molar-refractivity contribution is -0.121. The van der Waals surface area contributed by atoms with Gasteiger partial charge in [0, 0.05) is 19.4 Å². The van der Waals surface area contributed by atoms with Crippen molar-refractivity contribution in [2.45, 2.75) is 25.6 Å². The van der Waals surface area contributed by atoms with E-state index >= 15 is 0 Å². The van der Waals surface area contributed by atoms with E-state index in [4.69, 9.17) is 13.9 Å². The van der Waals surface area contributed by atoms with Crippen molar-refractivity contribution in [1.82, 2.24) is 5.32 Å². The first-order valence-electron chi connectivity index (χ1n) is 7.85. The van der Waals surface area contributed by atoms with Crippen LogP contribution in [-0.4, -0.2) is 37.4 Å². The minimum Gasteiger partial charge on any atom is -0.497 e. The lowest BCUT2D eigenvalue weighted by Crippen LogP contribution is -2.34. The second-order valence-electron chi connectivity index (χ2n) is 5.40. The molecule has 1 amide bonds. The van der Waals surface area contributed by atoms with Gasteiger partial charge < -0.3 is 24.3 Å². The third-order valence-electron chi connectivity index (χ3n) is 3.45. The maximum absolute atomic E-state index is 11.7. The first-order chi connectivity index (χ1) is 11.7. The summed E-state index contributed by atoms with van der Waals surface area (Å²) >= 11 is 0. The molecule has 2 N–H and O–H groups in total. The van der Waals surface area contributed by atoms with Gasteiger partial charge in [-0.05, 0) is 29.8 Å². The maximum atomic E-state index is 11.7. The Labute approximate surface area is 141 Å². The molecule has 1 unspecified atom stereocenters. The number of hydrogen-bond donors (Lipinski definition) is 2. The van der Waals surface area contributed by atoms with Crippen molar-refractivity contribution < 1.29 is 23.8 Å². The van der Waals surface area contributed by atoms with Crippen molar-refractivity contribution in [1.29, 1.82) is 0 Å². The Morgan fingerprint density at radius 2 is 2.08 bits per heavy atom. The fraction of sp³-hybridized carbons (Fsp3) is 0.389. The SMILES string of the molecule is COc1ccc(COCC(O)CNC(=O)CCc2ccco2)cc1. The van der Waals surface area contributed by atoms with E-state index in [-0.39, 0.29) is 19.1 Å². The molecule has 24 heavy (non-hydrogen) atoms. The highest BCUT2D eigenvalue weighted by Crippen LogP contribution is 2.12. The third kappa shape index (κ3) is 6.44. The average molecular weight is 333 g/mol. The number of furan rings is 1. The zero-order valence-corrected chi connectivity index (χ0v) is 13.7. The Balaban J connectivity index is 1.57. The Kier molecular flexibility index (Phi) is 7.32. The molecule has 1 atom stereocenters. The van der Waals surface area contributed by atoms with Crippen LogP contribution in [0.2, 0.25) is 0 Å². The average Bonchev–Trinajstić information content (AvgIpc) is 3.12. The van der Waals surface area contributed by atoms with Gasteiger partial charge >= 0.3 is 0 Å². The van der Waals surface area contributed by atoms with Gasteiger partial charge in [0.25, 0.3) is 0 Å². The van der Waals surface area contributed by atoms with Gasteiger partial charge in [0.2, 0.25) is 5.91 Å². The number of carbonyl (C=O) groups is 1. The summed E-state index contributed by atoms with van der Waals surface area (Å²) in [6.45, 7) is 0.720. The zero-order valence-electron chi connectivity index (χ0n) is 13.7. The summed E-state index contributed by atoms with van der Waals surface area (Å²) in [4.78, 5) is 11.7. The standard InChI is InChI=1S/C18H23NO5/c1-22-16-6-4-14(5-7-16)12-23-13-15(20)11-19-18(21)9-8-17-3-2-10-24-17/h2-7,10,15,20H,8-9,11-13H2,1H3,(H,19,21). The highest BCUT2D eigenvalue weighted by atomic mass is 16.5. The molecule has 0 saturated heterocycles. The van der Waals surface area contributed by atoms with Gasteiger partial charge in [-0.15, -0.1) is 0 Å². The molecule has 0 aliphatic heterocycles. The highest BCUT2D eigenvalue weighted by Gasteiger charge is 2.08. The van der Waals surface area contributed by atoms with E-state index in [0.29, 0.717) is 19.4 Å². The number of nitrogens with one attached hydrogen (secondary N) is 1. The molecular weight excluding hydrogens is 310 g/mol. The number of methoxy groups -OCH3 is 1. The van der Waals surface area contributed by atoms with Crippen molar-refractivity contribution in [3.05, 3.63) is 54.0 Å². The summed E-state index contributed by atoms with van der Waals surface area (Å²) in [6.07, 6.45) is 1.71. The minimum atomic E-state index is -0.740. The van der Waals surface area contributed by atoms with E-state index in [2.05, 4.69) is 5.32 Å². The molecule has 2 aromatic rings. The molecule has 0 saturated carbocycles. The van der Waals surface area contributed by atoms with E-state index in [0.717, 1.165) is 17.1 Å². The highest BCUT2D eigenvalue weighted by molar-refractivity contribution is 5.76. The number of aliphatic hydroxyl groups excluding tert-OH is 1. The summed E-state index contributed by atoms with van der Waals surface area (Å²) in [5, 5.41) is 12.5. The fourth-order valence-electron chi connectivity index (χ4n) is 2.11. The molecule has 0 aliphatic carbocycles. The summed E-state index contributed by atoms with van der Waals surface area (Å²) in [5.74, 6) is 1.44. The number of amides is 1. The summed E-state index contributed by atoms with van der Waals surface area (Å²) in [7, 11) is 1.62. The number of benzene rings is 1. The van der Waals surface area contributed by atoms with Crippen LogP contribution in [0.4, 0.5) is 0 Å². The molecule has 2 rings (SSSR count). The van der Waals surface area contributed by atoms with Crippen LogP contribution in [0, 0.1) is 0 Å². The first-order valence-corrected chi connectivity index (χ1v) is 7.85. The van der Waals surface area contributed by atoms with Crippen LogP contribution in [0.1, 0.15) is 17.7 Å². The lowest BCUT2D eigenvalue weighted by atomic mass is 10.2. The van der Waals surface area contributed by atoms with E-state index in [1.165, 1.54) is 0 Å². The Morgan fingerprint density at radius 1 is 1.29 bits per heavy atom. The Bertz CT molecular complexity index is 594. The van der Waals surface area contributed by atoms with E-state index < -0.39 is 6.10 Å². The van der Waals surface area contributed by atoms with Gasteiger partial charge in [-0.3, -0.25) is 4.79 Å². The molecule has 0 spiro atoms. The van der Waals surface area contributed by atoms with Crippen LogP contribution < -0.4 is 10.1 Å². The van der Waals surface area contributed by atoms with Crippen LogP contribution >= 0.6 is 0 Å². The Hall–Kier alpha value is -2.31. The lowest BCUT2D eigenvalue weighted by Gasteiger charge is -2.12. The molecule has 6 heteroatoms. The van der Waals surface area contributed by atoms with Gasteiger partial charge in [-0.25, -0.2) is 0 Å². The summed E-state index contributed by atoms with van der Waals surface area (Å²) in [6, 6.07) is 11.1. The topological polar surface area (TPSA) is 80.9 Å². The number of rotatable bonds is 10. The third-order valence-corrected chi connectivity index (χ3v) is 3.45. The van der Waals surface area contributed by atoms with Gasteiger partial charge in [0.1, 0.15) is 11.5 Å².